The molecule has 0 saturated heterocycles. The molecule has 0 aliphatic heterocycles. The summed E-state index contributed by atoms with van der Waals surface area (Å²) in [5.41, 5.74) is -0.111. The first-order valence-corrected chi connectivity index (χ1v) is 6.27. The highest BCUT2D eigenvalue weighted by Gasteiger charge is 2.13. The molecule has 0 radical (unpaired) electrons. The van der Waals surface area contributed by atoms with Gasteiger partial charge in [-0.3, -0.25) is 14.9 Å². The number of carbonyl (C=O) groups excluding carboxylic acids is 1. The van der Waals surface area contributed by atoms with Crippen LogP contribution in [0.3, 0.4) is 0 Å². The molecular weight excluding hydrogens is 331 g/mol. The molecule has 1 amide bonds. The van der Waals surface area contributed by atoms with Crippen molar-refractivity contribution in [3.8, 4) is 0 Å². The van der Waals surface area contributed by atoms with Gasteiger partial charge in [0, 0.05) is 22.2 Å². The number of non-ortho nitro benzene ring substituents is 1. The van der Waals surface area contributed by atoms with Gasteiger partial charge in [-0.2, -0.15) is 0 Å². The van der Waals surface area contributed by atoms with Gasteiger partial charge in [-0.25, -0.2) is 4.39 Å². The Hall–Kier alpha value is -2.28. The lowest BCUT2D eigenvalue weighted by Gasteiger charge is -2.06. The third-order valence-electron chi connectivity index (χ3n) is 2.50. The number of hydrogen-bond donors (Lipinski definition) is 1. The van der Waals surface area contributed by atoms with Crippen molar-refractivity contribution in [2.45, 2.75) is 0 Å². The monoisotopic (exact) mass is 338 g/mol. The number of amides is 1. The summed E-state index contributed by atoms with van der Waals surface area (Å²) in [6.45, 7) is 0. The van der Waals surface area contributed by atoms with Gasteiger partial charge in [-0.05, 0) is 24.3 Å². The van der Waals surface area contributed by atoms with Crippen LogP contribution in [0.1, 0.15) is 10.4 Å². The number of rotatable bonds is 3. The summed E-state index contributed by atoms with van der Waals surface area (Å²) in [6.07, 6.45) is 0. The fraction of sp³-hybridized carbons (Fsp3) is 0. The molecule has 2 aromatic rings. The van der Waals surface area contributed by atoms with Gasteiger partial charge in [0.15, 0.2) is 0 Å². The van der Waals surface area contributed by atoms with E-state index in [1.54, 1.807) is 6.07 Å². The lowest BCUT2D eigenvalue weighted by Crippen LogP contribution is -2.13. The average Bonchev–Trinajstić information content (AvgIpc) is 2.42. The van der Waals surface area contributed by atoms with Crippen LogP contribution in [0.5, 0.6) is 0 Å². The Morgan fingerprint density at radius 3 is 2.65 bits per heavy atom. The number of halogens is 2. The molecule has 2 aromatic carbocycles. The SMILES string of the molecule is O=C(Nc1ccc(Br)cc1F)c1cccc([N+](=O)[O-])c1. The van der Waals surface area contributed by atoms with Crippen molar-refractivity contribution in [3.63, 3.8) is 0 Å². The molecule has 20 heavy (non-hydrogen) atoms. The van der Waals surface area contributed by atoms with Crippen molar-refractivity contribution in [1.29, 1.82) is 0 Å². The van der Waals surface area contributed by atoms with Crippen molar-refractivity contribution >= 4 is 33.2 Å². The second-order valence-corrected chi connectivity index (χ2v) is 4.80. The van der Waals surface area contributed by atoms with E-state index in [2.05, 4.69) is 21.2 Å². The van der Waals surface area contributed by atoms with E-state index in [1.165, 1.54) is 30.3 Å². The van der Waals surface area contributed by atoms with E-state index < -0.39 is 16.6 Å². The first-order chi connectivity index (χ1) is 9.47. The van der Waals surface area contributed by atoms with Gasteiger partial charge in [-0.1, -0.05) is 22.0 Å². The molecule has 0 bridgehead atoms. The van der Waals surface area contributed by atoms with E-state index in [-0.39, 0.29) is 16.9 Å². The fourth-order valence-corrected chi connectivity index (χ4v) is 1.88. The summed E-state index contributed by atoms with van der Waals surface area (Å²) in [6, 6.07) is 9.40. The molecule has 0 unspecified atom stereocenters. The Balaban J connectivity index is 2.24. The highest BCUT2D eigenvalue weighted by molar-refractivity contribution is 9.10. The Bertz CT molecular complexity index is 691. The molecular formula is C13H8BrFN2O3. The standard InChI is InChI=1S/C13H8BrFN2O3/c14-9-4-5-12(11(15)7-9)16-13(18)8-2-1-3-10(6-8)17(19)20/h1-7H,(H,16,18). The summed E-state index contributed by atoms with van der Waals surface area (Å²) < 4.78 is 14.1. The van der Waals surface area contributed by atoms with Crippen LogP contribution in [0.2, 0.25) is 0 Å². The maximum absolute atomic E-state index is 13.6. The van der Waals surface area contributed by atoms with E-state index in [0.717, 1.165) is 6.07 Å². The highest BCUT2D eigenvalue weighted by atomic mass is 79.9. The van der Waals surface area contributed by atoms with Crippen LogP contribution in [-0.4, -0.2) is 10.8 Å². The van der Waals surface area contributed by atoms with E-state index in [4.69, 9.17) is 0 Å². The molecule has 0 atom stereocenters. The topological polar surface area (TPSA) is 72.2 Å². The minimum atomic E-state index is -0.616. The largest absolute Gasteiger partial charge is 0.319 e. The Labute approximate surface area is 121 Å². The maximum Gasteiger partial charge on any atom is 0.270 e. The zero-order valence-corrected chi connectivity index (χ0v) is 11.6. The smallest absolute Gasteiger partial charge is 0.270 e. The molecule has 0 saturated carbocycles. The second-order valence-electron chi connectivity index (χ2n) is 3.89. The predicted molar refractivity (Wildman–Crippen MR) is 75.1 cm³/mol. The van der Waals surface area contributed by atoms with Gasteiger partial charge in [0.2, 0.25) is 0 Å². The summed E-state index contributed by atoms with van der Waals surface area (Å²) in [5.74, 6) is -1.21. The number of nitrogens with zero attached hydrogens (tertiary/aromatic N) is 1. The van der Waals surface area contributed by atoms with Crippen molar-refractivity contribution in [1.82, 2.24) is 0 Å². The maximum atomic E-state index is 13.6. The number of benzene rings is 2. The van der Waals surface area contributed by atoms with Crippen LogP contribution in [0.15, 0.2) is 46.9 Å². The normalized spacial score (nSPS) is 10.1. The zero-order valence-electron chi connectivity index (χ0n) is 9.97. The second kappa shape index (κ2) is 5.79. The molecule has 0 aromatic heterocycles. The van der Waals surface area contributed by atoms with Crippen LogP contribution < -0.4 is 5.32 Å². The summed E-state index contributed by atoms with van der Waals surface area (Å²) in [5, 5.41) is 13.0. The fourth-order valence-electron chi connectivity index (χ4n) is 1.55. The van der Waals surface area contributed by atoms with Crippen molar-refractivity contribution < 1.29 is 14.1 Å². The van der Waals surface area contributed by atoms with Gasteiger partial charge in [0.05, 0.1) is 10.6 Å². The van der Waals surface area contributed by atoms with E-state index in [1.807, 2.05) is 0 Å². The predicted octanol–water partition coefficient (Wildman–Crippen LogP) is 3.75. The number of anilines is 1. The molecule has 0 aliphatic carbocycles. The first kappa shape index (κ1) is 14.1. The van der Waals surface area contributed by atoms with Crippen LogP contribution in [-0.2, 0) is 0 Å². The highest BCUT2D eigenvalue weighted by Crippen LogP contribution is 2.20. The summed E-state index contributed by atoms with van der Waals surface area (Å²) in [4.78, 5) is 21.9. The third-order valence-corrected chi connectivity index (χ3v) is 2.99. The Morgan fingerprint density at radius 2 is 2.00 bits per heavy atom. The summed E-state index contributed by atoms with van der Waals surface area (Å²) >= 11 is 3.11. The van der Waals surface area contributed by atoms with Gasteiger partial charge in [-0.15, -0.1) is 0 Å². The summed E-state index contributed by atoms with van der Waals surface area (Å²) in [7, 11) is 0. The molecule has 0 aliphatic rings. The van der Waals surface area contributed by atoms with Crippen LogP contribution in [0.4, 0.5) is 15.8 Å². The van der Waals surface area contributed by atoms with Crippen molar-refractivity contribution in [3.05, 3.63) is 68.4 Å². The quantitative estimate of drug-likeness (QED) is 0.684. The minimum absolute atomic E-state index is 0.00436. The van der Waals surface area contributed by atoms with E-state index >= 15 is 0 Å². The minimum Gasteiger partial charge on any atom is -0.319 e. The Morgan fingerprint density at radius 1 is 1.25 bits per heavy atom. The first-order valence-electron chi connectivity index (χ1n) is 5.48. The van der Waals surface area contributed by atoms with Gasteiger partial charge >= 0.3 is 0 Å². The number of hydrogen-bond acceptors (Lipinski definition) is 3. The van der Waals surface area contributed by atoms with Crippen molar-refractivity contribution in [2.75, 3.05) is 5.32 Å². The third kappa shape index (κ3) is 3.18. The van der Waals surface area contributed by atoms with Crippen LogP contribution >= 0.6 is 15.9 Å². The molecule has 5 nitrogen and oxygen atoms in total. The number of nitro groups is 1. The molecule has 1 N–H and O–H groups in total. The lowest BCUT2D eigenvalue weighted by molar-refractivity contribution is -0.384. The van der Waals surface area contributed by atoms with Gasteiger partial charge in [0.1, 0.15) is 5.82 Å². The Kier molecular flexibility index (Phi) is 4.09. The number of nitro benzene ring substituents is 1. The molecule has 0 spiro atoms. The zero-order chi connectivity index (χ0) is 14.7. The molecule has 2 rings (SSSR count). The average molecular weight is 339 g/mol. The van der Waals surface area contributed by atoms with Gasteiger partial charge in [0.25, 0.3) is 11.6 Å². The van der Waals surface area contributed by atoms with Crippen molar-refractivity contribution in [2.24, 2.45) is 0 Å². The molecule has 7 heteroatoms. The lowest BCUT2D eigenvalue weighted by atomic mass is 10.2. The molecule has 102 valence electrons. The van der Waals surface area contributed by atoms with E-state index in [9.17, 15) is 19.3 Å². The van der Waals surface area contributed by atoms with Crippen LogP contribution in [0, 0.1) is 15.9 Å². The van der Waals surface area contributed by atoms with Gasteiger partial charge < -0.3 is 5.32 Å². The molecule has 0 fully saturated rings. The number of carbonyl (C=O) groups is 1. The van der Waals surface area contributed by atoms with Crippen LogP contribution in [0.25, 0.3) is 0 Å². The molecule has 0 heterocycles. The van der Waals surface area contributed by atoms with E-state index in [0.29, 0.717) is 4.47 Å². The number of nitrogens with one attached hydrogen (secondary N) is 1.